The van der Waals surface area contributed by atoms with Crippen molar-refractivity contribution < 1.29 is 14.3 Å². The van der Waals surface area contributed by atoms with E-state index in [1.54, 1.807) is 6.07 Å². The summed E-state index contributed by atoms with van der Waals surface area (Å²) in [6.07, 6.45) is 2.12. The molecule has 0 radical (unpaired) electrons. The van der Waals surface area contributed by atoms with Crippen LogP contribution in [0.1, 0.15) is 40.0 Å². The maximum Gasteiger partial charge on any atom is 0.251 e. The predicted octanol–water partition coefficient (Wildman–Crippen LogP) is 3.15. The van der Waals surface area contributed by atoms with Gasteiger partial charge < -0.3 is 14.8 Å². The van der Waals surface area contributed by atoms with Gasteiger partial charge in [-0.1, -0.05) is 12.1 Å². The molecule has 3 rings (SSSR count). The lowest BCUT2D eigenvalue weighted by molar-refractivity contribution is 0.0858. The highest BCUT2D eigenvalue weighted by molar-refractivity contribution is 5.95. The van der Waals surface area contributed by atoms with Gasteiger partial charge in [0.2, 0.25) is 5.88 Å². The third-order valence-electron chi connectivity index (χ3n) is 4.83. The molecule has 1 aromatic heterocycles. The summed E-state index contributed by atoms with van der Waals surface area (Å²) in [4.78, 5) is 16.9. The molecule has 0 spiro atoms. The first-order chi connectivity index (χ1) is 13.0. The number of nitrogens with zero attached hydrogens (tertiary/aromatic N) is 2. The van der Waals surface area contributed by atoms with Crippen LogP contribution in [0.2, 0.25) is 0 Å². The molecule has 2 aromatic rings. The van der Waals surface area contributed by atoms with E-state index in [0.717, 1.165) is 41.8 Å². The summed E-state index contributed by atoms with van der Waals surface area (Å²) in [6, 6.07) is 9.53. The number of hydrogen-bond acceptors (Lipinski definition) is 5. The molecule has 0 saturated carbocycles. The maximum absolute atomic E-state index is 12.5. The second-order valence-electron chi connectivity index (χ2n) is 6.62. The number of hydrogen-bond donors (Lipinski definition) is 1. The highest BCUT2D eigenvalue weighted by Gasteiger charge is 2.19. The van der Waals surface area contributed by atoms with Gasteiger partial charge in [-0.05, 0) is 49.9 Å². The van der Waals surface area contributed by atoms with E-state index in [-0.39, 0.29) is 12.0 Å². The Balaban J connectivity index is 1.89. The molecule has 1 aliphatic heterocycles. The number of carbonyl (C=O) groups excluding carboxylic acids is 1. The smallest absolute Gasteiger partial charge is 0.251 e. The summed E-state index contributed by atoms with van der Waals surface area (Å²) in [6.45, 7) is 5.02. The zero-order valence-electron chi connectivity index (χ0n) is 15.8. The third kappa shape index (κ3) is 3.93. The highest BCUT2D eigenvalue weighted by Crippen LogP contribution is 2.32. The van der Waals surface area contributed by atoms with Crippen LogP contribution in [0, 0.1) is 25.2 Å². The van der Waals surface area contributed by atoms with Crippen molar-refractivity contribution in [3.8, 4) is 23.1 Å². The van der Waals surface area contributed by atoms with Gasteiger partial charge in [0.15, 0.2) is 0 Å². The zero-order valence-corrected chi connectivity index (χ0v) is 15.8. The minimum atomic E-state index is -0.135. The van der Waals surface area contributed by atoms with Gasteiger partial charge in [-0.15, -0.1) is 0 Å². The van der Waals surface area contributed by atoms with E-state index in [0.29, 0.717) is 23.6 Å². The van der Waals surface area contributed by atoms with Crippen LogP contribution in [0.3, 0.4) is 0 Å². The van der Waals surface area contributed by atoms with Crippen molar-refractivity contribution >= 4 is 5.91 Å². The molecule has 6 nitrogen and oxygen atoms in total. The molecular formula is C21H23N3O3. The molecule has 1 amide bonds. The first kappa shape index (κ1) is 18.9. The monoisotopic (exact) mass is 365 g/mol. The second-order valence-corrected chi connectivity index (χ2v) is 6.62. The van der Waals surface area contributed by atoms with Crippen molar-refractivity contribution in [1.82, 2.24) is 10.3 Å². The fourth-order valence-corrected chi connectivity index (χ4v) is 3.46. The standard InChI is InChI=1S/C21H23N3O3/c1-13-18(11-22)21(26-3)24-14(2)19(13)15-6-4-7-16(10-15)20(25)23-12-17-8-5-9-27-17/h4,6-7,10,17H,5,8-9,12H2,1-3H3,(H,23,25)/t17-/m1/s1. The molecule has 0 bridgehead atoms. The summed E-state index contributed by atoms with van der Waals surface area (Å²) >= 11 is 0. The Kier molecular flexibility index (Phi) is 5.72. The van der Waals surface area contributed by atoms with Gasteiger partial charge in [0, 0.05) is 30.0 Å². The molecule has 6 heteroatoms. The number of benzene rings is 1. The average molecular weight is 365 g/mol. The number of methoxy groups -OCH3 is 1. The van der Waals surface area contributed by atoms with E-state index in [1.807, 2.05) is 32.0 Å². The van der Waals surface area contributed by atoms with Crippen molar-refractivity contribution in [2.75, 3.05) is 20.3 Å². The Morgan fingerprint density at radius 3 is 2.93 bits per heavy atom. The molecular weight excluding hydrogens is 342 g/mol. The third-order valence-corrected chi connectivity index (χ3v) is 4.83. The minimum Gasteiger partial charge on any atom is -0.480 e. The zero-order chi connectivity index (χ0) is 19.4. The van der Waals surface area contributed by atoms with Gasteiger partial charge in [0.1, 0.15) is 11.6 Å². The summed E-state index contributed by atoms with van der Waals surface area (Å²) in [5, 5.41) is 12.4. The molecule has 0 aliphatic carbocycles. The first-order valence-corrected chi connectivity index (χ1v) is 9.00. The number of ether oxygens (including phenoxy) is 2. The summed E-state index contributed by atoms with van der Waals surface area (Å²) in [5.41, 5.74) is 4.21. The van der Waals surface area contributed by atoms with Crippen LogP contribution in [0.15, 0.2) is 24.3 Å². The van der Waals surface area contributed by atoms with Crippen molar-refractivity contribution in [3.05, 3.63) is 46.6 Å². The van der Waals surface area contributed by atoms with E-state index in [4.69, 9.17) is 9.47 Å². The first-order valence-electron chi connectivity index (χ1n) is 9.00. The fourth-order valence-electron chi connectivity index (χ4n) is 3.46. The van der Waals surface area contributed by atoms with Crippen LogP contribution < -0.4 is 10.1 Å². The largest absolute Gasteiger partial charge is 0.480 e. The molecule has 0 unspecified atom stereocenters. The van der Waals surface area contributed by atoms with Crippen LogP contribution in [-0.2, 0) is 4.74 Å². The number of rotatable bonds is 5. The molecule has 1 atom stereocenters. The number of amides is 1. The summed E-state index contributed by atoms with van der Waals surface area (Å²) in [5.74, 6) is 0.186. The van der Waals surface area contributed by atoms with Crippen molar-refractivity contribution in [3.63, 3.8) is 0 Å². The molecule has 140 valence electrons. The van der Waals surface area contributed by atoms with Gasteiger partial charge >= 0.3 is 0 Å². The minimum absolute atomic E-state index is 0.102. The lowest BCUT2D eigenvalue weighted by Gasteiger charge is -2.15. The number of pyridine rings is 1. The van der Waals surface area contributed by atoms with E-state index in [2.05, 4.69) is 16.4 Å². The highest BCUT2D eigenvalue weighted by atomic mass is 16.5. The van der Waals surface area contributed by atoms with Crippen molar-refractivity contribution in [2.45, 2.75) is 32.8 Å². The molecule has 1 aliphatic rings. The number of aryl methyl sites for hydroxylation is 1. The number of nitriles is 1. The lowest BCUT2D eigenvalue weighted by Crippen LogP contribution is -2.31. The Bertz CT molecular complexity index is 896. The lowest BCUT2D eigenvalue weighted by atomic mass is 9.95. The Morgan fingerprint density at radius 1 is 1.44 bits per heavy atom. The molecule has 1 aromatic carbocycles. The van der Waals surface area contributed by atoms with Crippen LogP contribution >= 0.6 is 0 Å². The van der Waals surface area contributed by atoms with E-state index >= 15 is 0 Å². The Labute approximate surface area is 159 Å². The SMILES string of the molecule is COc1nc(C)c(-c2cccc(C(=O)NC[C@H]3CCCO3)c2)c(C)c1C#N. The molecule has 27 heavy (non-hydrogen) atoms. The molecule has 1 N–H and O–H groups in total. The van der Waals surface area contributed by atoms with Crippen molar-refractivity contribution in [1.29, 1.82) is 5.26 Å². The van der Waals surface area contributed by atoms with Gasteiger partial charge in [0.25, 0.3) is 5.91 Å². The second kappa shape index (κ2) is 8.19. The topological polar surface area (TPSA) is 84.2 Å². The number of nitrogens with one attached hydrogen (secondary N) is 1. The van der Waals surface area contributed by atoms with Gasteiger partial charge in [-0.25, -0.2) is 4.98 Å². The molecule has 1 fully saturated rings. The Morgan fingerprint density at radius 2 is 2.26 bits per heavy atom. The number of aromatic nitrogens is 1. The van der Waals surface area contributed by atoms with Crippen LogP contribution in [0.25, 0.3) is 11.1 Å². The molecule has 1 saturated heterocycles. The summed E-state index contributed by atoms with van der Waals surface area (Å²) < 4.78 is 10.8. The van der Waals surface area contributed by atoms with Gasteiger partial charge in [-0.3, -0.25) is 4.79 Å². The summed E-state index contributed by atoms with van der Waals surface area (Å²) in [7, 11) is 1.50. The quantitative estimate of drug-likeness (QED) is 0.880. The Hall–Kier alpha value is -2.91. The normalized spacial score (nSPS) is 16.0. The van der Waals surface area contributed by atoms with E-state index in [1.165, 1.54) is 7.11 Å². The van der Waals surface area contributed by atoms with Gasteiger partial charge in [0.05, 0.1) is 13.2 Å². The predicted molar refractivity (Wildman–Crippen MR) is 102 cm³/mol. The average Bonchev–Trinajstić information content (AvgIpc) is 3.19. The maximum atomic E-state index is 12.5. The number of carbonyl (C=O) groups is 1. The van der Waals surface area contributed by atoms with Crippen LogP contribution in [0.5, 0.6) is 5.88 Å². The van der Waals surface area contributed by atoms with Gasteiger partial charge in [-0.2, -0.15) is 5.26 Å². The van der Waals surface area contributed by atoms with E-state index < -0.39 is 0 Å². The van der Waals surface area contributed by atoms with E-state index in [9.17, 15) is 10.1 Å². The van der Waals surface area contributed by atoms with Crippen LogP contribution in [0.4, 0.5) is 0 Å². The molecule has 2 heterocycles. The van der Waals surface area contributed by atoms with Crippen LogP contribution in [-0.4, -0.2) is 37.3 Å². The fraction of sp³-hybridized carbons (Fsp3) is 0.381. The van der Waals surface area contributed by atoms with Crippen molar-refractivity contribution in [2.24, 2.45) is 0 Å².